The van der Waals surface area contributed by atoms with Gasteiger partial charge in [0.15, 0.2) is 0 Å². The number of methoxy groups -OCH3 is 1. The minimum atomic E-state index is -4.86. The maximum absolute atomic E-state index is 13.6. The number of carbonyl (C=O) groups excluding carboxylic acids is 2. The molecule has 0 aliphatic carbocycles. The summed E-state index contributed by atoms with van der Waals surface area (Å²) < 4.78 is 60.2. The largest absolute Gasteiger partial charge is 0.475 e. The Hall–Kier alpha value is -4.60. The van der Waals surface area contributed by atoms with E-state index in [4.69, 9.17) is 10.5 Å². The van der Waals surface area contributed by atoms with Crippen LogP contribution in [0.3, 0.4) is 0 Å². The molecule has 4 rings (SSSR count). The molecule has 0 fully saturated rings. The van der Waals surface area contributed by atoms with Crippen molar-refractivity contribution >= 4 is 44.7 Å². The standard InChI is InChI=1S/C22H16F4N6O5S/c1-9(31-8-13(32(35)36)20(30-31)37-2)19(34)29-16-15-12(10-3-5-11(23)6-4-10)7-14(22(24,25)26)28-21(15)38-17(16)18(27)33/h3-9H,1-2H3,(H2,27,33)(H,29,34). The Morgan fingerprint density at radius 1 is 1.26 bits per heavy atom. The normalized spacial score (nSPS) is 12.4. The summed E-state index contributed by atoms with van der Waals surface area (Å²) in [5.74, 6) is -2.87. The summed E-state index contributed by atoms with van der Waals surface area (Å²) in [6.07, 6.45) is -3.89. The number of aromatic nitrogens is 3. The zero-order valence-electron chi connectivity index (χ0n) is 19.4. The lowest BCUT2D eigenvalue weighted by molar-refractivity contribution is -0.385. The fourth-order valence-corrected chi connectivity index (χ4v) is 4.58. The van der Waals surface area contributed by atoms with E-state index in [0.717, 1.165) is 30.1 Å². The van der Waals surface area contributed by atoms with Gasteiger partial charge in [-0.25, -0.2) is 14.1 Å². The van der Waals surface area contributed by atoms with Gasteiger partial charge in [0.05, 0.1) is 17.7 Å². The fourth-order valence-electron chi connectivity index (χ4n) is 3.58. The van der Waals surface area contributed by atoms with Crippen molar-refractivity contribution < 1.29 is 36.8 Å². The molecule has 0 aliphatic rings. The molecule has 16 heteroatoms. The Morgan fingerprint density at radius 2 is 1.92 bits per heavy atom. The van der Waals surface area contributed by atoms with Crippen molar-refractivity contribution in [3.05, 3.63) is 63.0 Å². The molecule has 38 heavy (non-hydrogen) atoms. The van der Waals surface area contributed by atoms with E-state index in [-0.39, 0.29) is 37.8 Å². The Balaban J connectivity index is 1.88. The number of carbonyl (C=O) groups is 2. The van der Waals surface area contributed by atoms with Crippen molar-refractivity contribution in [1.29, 1.82) is 0 Å². The van der Waals surface area contributed by atoms with Gasteiger partial charge in [-0.2, -0.15) is 13.2 Å². The number of nitrogens with two attached hydrogens (primary N) is 1. The third-order valence-corrected chi connectivity index (χ3v) is 6.52. The van der Waals surface area contributed by atoms with E-state index in [2.05, 4.69) is 15.4 Å². The lowest BCUT2D eigenvalue weighted by Crippen LogP contribution is -2.25. The molecule has 1 unspecified atom stereocenters. The second-order valence-electron chi connectivity index (χ2n) is 7.84. The average molecular weight is 552 g/mol. The van der Waals surface area contributed by atoms with Gasteiger partial charge in [-0.1, -0.05) is 12.1 Å². The van der Waals surface area contributed by atoms with Crippen LogP contribution in [0.2, 0.25) is 0 Å². The van der Waals surface area contributed by atoms with Crippen molar-refractivity contribution in [2.24, 2.45) is 5.73 Å². The number of rotatable bonds is 7. The van der Waals surface area contributed by atoms with Gasteiger partial charge >= 0.3 is 17.7 Å². The topological polar surface area (TPSA) is 155 Å². The van der Waals surface area contributed by atoms with E-state index in [1.54, 1.807) is 0 Å². The summed E-state index contributed by atoms with van der Waals surface area (Å²) in [6, 6.07) is 4.05. The molecule has 1 aromatic carbocycles. The number of anilines is 1. The highest BCUT2D eigenvalue weighted by molar-refractivity contribution is 7.21. The number of benzene rings is 1. The second kappa shape index (κ2) is 9.70. The number of hydrogen-bond acceptors (Lipinski definition) is 8. The Morgan fingerprint density at radius 3 is 2.45 bits per heavy atom. The molecule has 4 aromatic rings. The van der Waals surface area contributed by atoms with Crippen LogP contribution in [0.5, 0.6) is 5.88 Å². The number of nitro groups is 1. The van der Waals surface area contributed by atoms with E-state index in [1.807, 2.05) is 0 Å². The molecule has 3 N–H and O–H groups in total. The lowest BCUT2D eigenvalue weighted by Gasteiger charge is -2.15. The number of alkyl halides is 3. The first-order valence-corrected chi connectivity index (χ1v) is 11.3. The van der Waals surface area contributed by atoms with Crippen molar-refractivity contribution in [1.82, 2.24) is 14.8 Å². The summed E-state index contributed by atoms with van der Waals surface area (Å²) in [6.45, 7) is 1.34. The fraction of sp³-hybridized carbons (Fsp3) is 0.182. The van der Waals surface area contributed by atoms with Crippen LogP contribution in [0.1, 0.15) is 28.3 Å². The van der Waals surface area contributed by atoms with Gasteiger partial charge in [-0.05, 0) is 36.2 Å². The zero-order chi connectivity index (χ0) is 27.9. The minimum absolute atomic E-state index is 0.0343. The van der Waals surface area contributed by atoms with E-state index in [9.17, 15) is 37.3 Å². The number of thiophene rings is 1. The van der Waals surface area contributed by atoms with Crippen LogP contribution in [0, 0.1) is 15.9 Å². The summed E-state index contributed by atoms with van der Waals surface area (Å²) >= 11 is 0.532. The van der Waals surface area contributed by atoms with Crippen LogP contribution in [-0.4, -0.2) is 38.6 Å². The van der Waals surface area contributed by atoms with E-state index in [1.165, 1.54) is 19.1 Å². The average Bonchev–Trinajstić information content (AvgIpc) is 3.45. The van der Waals surface area contributed by atoms with Crippen molar-refractivity contribution in [2.45, 2.75) is 19.1 Å². The molecule has 1 atom stereocenters. The van der Waals surface area contributed by atoms with Gasteiger partial charge in [-0.15, -0.1) is 16.4 Å². The van der Waals surface area contributed by atoms with E-state index < -0.39 is 46.2 Å². The van der Waals surface area contributed by atoms with Crippen LogP contribution in [0.25, 0.3) is 21.3 Å². The maximum atomic E-state index is 13.6. The molecule has 3 aromatic heterocycles. The van der Waals surface area contributed by atoms with Crippen LogP contribution >= 0.6 is 11.3 Å². The van der Waals surface area contributed by atoms with Crippen molar-refractivity contribution in [2.75, 3.05) is 12.4 Å². The summed E-state index contributed by atoms with van der Waals surface area (Å²) in [5, 5.41) is 17.5. The molecule has 0 aliphatic heterocycles. The molecule has 0 radical (unpaired) electrons. The first kappa shape index (κ1) is 26.5. The number of fused-ring (bicyclic) bond motifs is 1. The molecule has 3 heterocycles. The third kappa shape index (κ3) is 4.84. The van der Waals surface area contributed by atoms with Gasteiger partial charge in [0.25, 0.3) is 5.91 Å². The number of amides is 2. The minimum Gasteiger partial charge on any atom is -0.475 e. The Bertz CT molecular complexity index is 1580. The molecule has 0 bridgehead atoms. The molecular formula is C22H16F4N6O5S. The molecular weight excluding hydrogens is 536 g/mol. The van der Waals surface area contributed by atoms with Crippen molar-refractivity contribution in [3.8, 4) is 17.0 Å². The SMILES string of the molecule is COc1nn(C(C)C(=O)Nc2c(C(N)=O)sc3nc(C(F)(F)F)cc(-c4ccc(F)cc4)c23)cc1[N+](=O)[O-]. The predicted octanol–water partition coefficient (Wildman–Crippen LogP) is 4.53. The summed E-state index contributed by atoms with van der Waals surface area (Å²) in [7, 11) is 1.15. The molecule has 2 amide bonds. The highest BCUT2D eigenvalue weighted by Gasteiger charge is 2.35. The van der Waals surface area contributed by atoms with Gasteiger partial charge in [0, 0.05) is 5.39 Å². The smallest absolute Gasteiger partial charge is 0.433 e. The van der Waals surface area contributed by atoms with E-state index in [0.29, 0.717) is 17.4 Å². The van der Waals surface area contributed by atoms with Gasteiger partial charge in [-0.3, -0.25) is 19.7 Å². The number of pyridine rings is 1. The predicted molar refractivity (Wildman–Crippen MR) is 127 cm³/mol. The highest BCUT2D eigenvalue weighted by atomic mass is 32.1. The number of primary amides is 1. The first-order valence-electron chi connectivity index (χ1n) is 10.5. The summed E-state index contributed by atoms with van der Waals surface area (Å²) in [5.41, 5.74) is 3.52. The number of nitrogens with zero attached hydrogens (tertiary/aromatic N) is 4. The monoisotopic (exact) mass is 552 g/mol. The Kier molecular flexibility index (Phi) is 6.75. The Labute approximate surface area is 214 Å². The molecule has 0 saturated heterocycles. The van der Waals surface area contributed by atoms with Gasteiger partial charge < -0.3 is 15.8 Å². The number of hydrogen-bond donors (Lipinski definition) is 2. The number of ether oxygens (including phenoxy) is 1. The van der Waals surface area contributed by atoms with Crippen LogP contribution in [0.15, 0.2) is 36.5 Å². The second-order valence-corrected chi connectivity index (χ2v) is 8.84. The lowest BCUT2D eigenvalue weighted by atomic mass is 10.0. The van der Waals surface area contributed by atoms with Crippen molar-refractivity contribution in [3.63, 3.8) is 0 Å². The van der Waals surface area contributed by atoms with Gasteiger partial charge in [0.1, 0.15) is 33.5 Å². The van der Waals surface area contributed by atoms with Crippen LogP contribution in [-0.2, 0) is 11.0 Å². The summed E-state index contributed by atoms with van der Waals surface area (Å²) in [4.78, 5) is 38.9. The maximum Gasteiger partial charge on any atom is 0.433 e. The van der Waals surface area contributed by atoms with Gasteiger partial charge in [0.2, 0.25) is 5.91 Å². The molecule has 0 saturated carbocycles. The quantitative estimate of drug-likeness (QED) is 0.194. The van der Waals surface area contributed by atoms with E-state index >= 15 is 0 Å². The third-order valence-electron chi connectivity index (χ3n) is 5.43. The molecule has 11 nitrogen and oxygen atoms in total. The number of nitrogens with one attached hydrogen (secondary N) is 1. The molecule has 0 spiro atoms. The first-order chi connectivity index (χ1) is 17.8. The molecule has 198 valence electrons. The van der Waals surface area contributed by atoms with Crippen LogP contribution < -0.4 is 15.8 Å². The zero-order valence-corrected chi connectivity index (χ0v) is 20.2. The highest BCUT2D eigenvalue weighted by Crippen LogP contribution is 2.44. The van der Waals surface area contributed by atoms with Crippen LogP contribution in [0.4, 0.5) is 28.9 Å². The number of halogens is 4.